The zero-order valence-electron chi connectivity index (χ0n) is 10.7. The molecular formula is C13H22N2O3. The number of carbonyl (C=O) groups excluding carboxylic acids is 1. The van der Waals surface area contributed by atoms with Crippen LogP contribution in [0.3, 0.4) is 0 Å². The summed E-state index contributed by atoms with van der Waals surface area (Å²) in [4.78, 5) is 23.1. The van der Waals surface area contributed by atoms with Gasteiger partial charge >= 0.3 is 5.97 Å². The monoisotopic (exact) mass is 254 g/mol. The number of nitrogens with one attached hydrogen (secondary N) is 2. The van der Waals surface area contributed by atoms with Crippen molar-refractivity contribution in [3.05, 3.63) is 0 Å². The highest BCUT2D eigenvalue weighted by atomic mass is 16.4. The molecule has 18 heavy (non-hydrogen) atoms. The Hall–Kier alpha value is -1.10. The van der Waals surface area contributed by atoms with Gasteiger partial charge in [-0.2, -0.15) is 0 Å². The second-order valence-electron chi connectivity index (χ2n) is 5.49. The van der Waals surface area contributed by atoms with Crippen LogP contribution in [0.15, 0.2) is 0 Å². The molecule has 2 atom stereocenters. The molecule has 102 valence electrons. The predicted octanol–water partition coefficient (Wildman–Crippen LogP) is 0.746. The minimum Gasteiger partial charge on any atom is -0.481 e. The molecule has 0 spiro atoms. The average Bonchev–Trinajstić information content (AvgIpc) is 2.49. The number of carboxylic acid groups (broad SMARTS) is 1. The third kappa shape index (κ3) is 3.45. The molecule has 0 radical (unpaired) electrons. The molecule has 2 fully saturated rings. The maximum atomic E-state index is 11.9. The molecule has 1 heterocycles. The first-order valence-electron chi connectivity index (χ1n) is 6.89. The zero-order chi connectivity index (χ0) is 13.0. The summed E-state index contributed by atoms with van der Waals surface area (Å²) in [7, 11) is 0. The normalized spacial score (nSPS) is 29.1. The minimum atomic E-state index is -0.771. The lowest BCUT2D eigenvalue weighted by Crippen LogP contribution is -2.47. The fourth-order valence-electron chi connectivity index (χ4n) is 2.80. The van der Waals surface area contributed by atoms with E-state index in [4.69, 9.17) is 0 Å². The van der Waals surface area contributed by atoms with Crippen molar-refractivity contribution in [3.63, 3.8) is 0 Å². The maximum Gasteiger partial charge on any atom is 0.308 e. The van der Waals surface area contributed by atoms with Crippen molar-refractivity contribution in [1.29, 1.82) is 0 Å². The van der Waals surface area contributed by atoms with E-state index in [-0.39, 0.29) is 11.9 Å². The van der Waals surface area contributed by atoms with Crippen LogP contribution in [-0.4, -0.2) is 36.1 Å². The minimum absolute atomic E-state index is 0.0136. The maximum absolute atomic E-state index is 11.9. The molecule has 5 heteroatoms. The van der Waals surface area contributed by atoms with Crippen LogP contribution in [0.2, 0.25) is 0 Å². The van der Waals surface area contributed by atoms with E-state index in [0.717, 1.165) is 38.8 Å². The summed E-state index contributed by atoms with van der Waals surface area (Å²) in [6.45, 7) is 1.81. The Morgan fingerprint density at radius 3 is 2.50 bits per heavy atom. The van der Waals surface area contributed by atoms with Gasteiger partial charge in [-0.3, -0.25) is 9.59 Å². The summed E-state index contributed by atoms with van der Waals surface area (Å²) in [5.74, 6) is -0.734. The van der Waals surface area contributed by atoms with Crippen molar-refractivity contribution in [2.45, 2.75) is 44.6 Å². The third-order valence-corrected chi connectivity index (χ3v) is 4.02. The Bertz CT molecular complexity index is 315. The Labute approximate surface area is 107 Å². The lowest BCUT2D eigenvalue weighted by Gasteiger charge is -2.28. The van der Waals surface area contributed by atoms with Gasteiger partial charge in [-0.25, -0.2) is 0 Å². The number of carboxylic acids is 1. The second kappa shape index (κ2) is 6.18. The summed E-state index contributed by atoms with van der Waals surface area (Å²) >= 11 is 0. The molecule has 0 aromatic rings. The molecule has 0 aromatic carbocycles. The van der Waals surface area contributed by atoms with Gasteiger partial charge in [0.1, 0.15) is 0 Å². The largest absolute Gasteiger partial charge is 0.481 e. The first-order valence-corrected chi connectivity index (χ1v) is 6.89. The van der Waals surface area contributed by atoms with Crippen LogP contribution in [0.4, 0.5) is 0 Å². The van der Waals surface area contributed by atoms with Gasteiger partial charge in [0.05, 0.1) is 5.92 Å². The van der Waals surface area contributed by atoms with Gasteiger partial charge in [0.25, 0.3) is 0 Å². The van der Waals surface area contributed by atoms with Gasteiger partial charge in [-0.05, 0) is 31.8 Å². The van der Waals surface area contributed by atoms with Crippen LogP contribution in [0.5, 0.6) is 0 Å². The number of hydrogen-bond donors (Lipinski definition) is 3. The van der Waals surface area contributed by atoms with Gasteiger partial charge in [0, 0.05) is 12.5 Å². The zero-order valence-corrected chi connectivity index (χ0v) is 10.7. The van der Waals surface area contributed by atoms with E-state index in [0.29, 0.717) is 18.8 Å². The molecule has 0 bridgehead atoms. The van der Waals surface area contributed by atoms with Crippen LogP contribution in [0, 0.1) is 11.8 Å². The standard InChI is InChI=1S/C13H22N2O3/c16-12(6-9-7-14-8-9)15-11-5-3-1-2-4-10(11)13(17)18/h9-11,14H,1-8H2,(H,15,16)(H,17,18). The molecule has 1 saturated heterocycles. The number of amides is 1. The molecule has 3 N–H and O–H groups in total. The van der Waals surface area contributed by atoms with E-state index < -0.39 is 11.9 Å². The van der Waals surface area contributed by atoms with E-state index in [1.807, 2.05) is 0 Å². The van der Waals surface area contributed by atoms with Crippen LogP contribution < -0.4 is 10.6 Å². The Morgan fingerprint density at radius 2 is 1.89 bits per heavy atom. The Morgan fingerprint density at radius 1 is 1.17 bits per heavy atom. The van der Waals surface area contributed by atoms with Gasteiger partial charge in [-0.1, -0.05) is 19.3 Å². The first-order chi connectivity index (χ1) is 8.66. The van der Waals surface area contributed by atoms with Crippen molar-refractivity contribution in [2.75, 3.05) is 13.1 Å². The topological polar surface area (TPSA) is 78.4 Å². The van der Waals surface area contributed by atoms with Crippen molar-refractivity contribution in [2.24, 2.45) is 11.8 Å². The summed E-state index contributed by atoms with van der Waals surface area (Å²) in [5.41, 5.74) is 0. The van der Waals surface area contributed by atoms with Crippen molar-refractivity contribution >= 4 is 11.9 Å². The number of carbonyl (C=O) groups is 2. The SMILES string of the molecule is O=C(CC1CNC1)NC1CCCCCC1C(=O)O. The van der Waals surface area contributed by atoms with E-state index in [1.54, 1.807) is 0 Å². The number of hydrogen-bond acceptors (Lipinski definition) is 3. The highest BCUT2D eigenvalue weighted by molar-refractivity contribution is 5.78. The van der Waals surface area contributed by atoms with Crippen LogP contribution in [-0.2, 0) is 9.59 Å². The molecular weight excluding hydrogens is 232 g/mol. The summed E-state index contributed by atoms with van der Waals surface area (Å²) < 4.78 is 0. The molecule has 1 saturated carbocycles. The molecule has 1 aliphatic heterocycles. The van der Waals surface area contributed by atoms with Gasteiger partial charge < -0.3 is 15.7 Å². The average molecular weight is 254 g/mol. The van der Waals surface area contributed by atoms with E-state index in [1.165, 1.54) is 0 Å². The summed E-state index contributed by atoms with van der Waals surface area (Å²) in [6.07, 6.45) is 5.05. The van der Waals surface area contributed by atoms with Crippen molar-refractivity contribution in [3.8, 4) is 0 Å². The molecule has 1 amide bonds. The van der Waals surface area contributed by atoms with E-state index in [2.05, 4.69) is 10.6 Å². The lowest BCUT2D eigenvalue weighted by atomic mass is 9.93. The Kier molecular flexibility index (Phi) is 4.58. The summed E-state index contributed by atoms with van der Waals surface area (Å²) in [5, 5.41) is 15.3. The number of aliphatic carboxylic acids is 1. The van der Waals surface area contributed by atoms with Crippen LogP contribution >= 0.6 is 0 Å². The molecule has 2 rings (SSSR count). The molecule has 0 aromatic heterocycles. The molecule has 5 nitrogen and oxygen atoms in total. The second-order valence-corrected chi connectivity index (χ2v) is 5.49. The smallest absolute Gasteiger partial charge is 0.308 e. The van der Waals surface area contributed by atoms with Gasteiger partial charge in [-0.15, -0.1) is 0 Å². The lowest BCUT2D eigenvalue weighted by molar-refractivity contribution is -0.143. The van der Waals surface area contributed by atoms with Crippen molar-refractivity contribution < 1.29 is 14.7 Å². The fraction of sp³-hybridized carbons (Fsp3) is 0.846. The third-order valence-electron chi connectivity index (χ3n) is 4.02. The highest BCUT2D eigenvalue weighted by Crippen LogP contribution is 2.24. The molecule has 2 unspecified atom stereocenters. The highest BCUT2D eigenvalue weighted by Gasteiger charge is 2.31. The molecule has 1 aliphatic carbocycles. The van der Waals surface area contributed by atoms with Crippen molar-refractivity contribution in [1.82, 2.24) is 10.6 Å². The first kappa shape index (κ1) is 13.3. The van der Waals surface area contributed by atoms with E-state index >= 15 is 0 Å². The fourth-order valence-corrected chi connectivity index (χ4v) is 2.80. The van der Waals surface area contributed by atoms with Crippen LogP contribution in [0.25, 0.3) is 0 Å². The summed E-state index contributed by atoms with van der Waals surface area (Å²) in [6, 6.07) is -0.175. The van der Waals surface area contributed by atoms with E-state index in [9.17, 15) is 14.7 Å². The van der Waals surface area contributed by atoms with Crippen LogP contribution in [0.1, 0.15) is 38.5 Å². The molecule has 2 aliphatic rings. The Balaban J connectivity index is 1.86. The van der Waals surface area contributed by atoms with Gasteiger partial charge in [0.15, 0.2) is 0 Å². The van der Waals surface area contributed by atoms with Gasteiger partial charge in [0.2, 0.25) is 5.91 Å². The number of rotatable bonds is 4. The quantitative estimate of drug-likeness (QED) is 0.647. The predicted molar refractivity (Wildman–Crippen MR) is 67.1 cm³/mol.